The molecule has 0 saturated heterocycles. The van der Waals surface area contributed by atoms with E-state index in [1.165, 1.54) is 83.5 Å². The number of aromatic hydroxyl groups is 1. The summed E-state index contributed by atoms with van der Waals surface area (Å²) in [5.74, 6) is 0.175. The van der Waals surface area contributed by atoms with Crippen molar-refractivity contribution >= 4 is 12.1 Å². The average Bonchev–Trinajstić information content (AvgIpc) is 2.81. The van der Waals surface area contributed by atoms with E-state index in [0.717, 1.165) is 24.0 Å². The van der Waals surface area contributed by atoms with Gasteiger partial charge in [0.25, 0.3) is 0 Å². The quantitative estimate of drug-likeness (QED) is 0.116. The van der Waals surface area contributed by atoms with Crippen LogP contribution in [0.4, 0.5) is 0 Å². The number of carbonyl (C=O) groups excluding carboxylic acids is 1. The molecule has 4 nitrogen and oxygen atoms in total. The molecule has 1 rings (SSSR count). The number of nitrogens with zero attached hydrogens (tertiary/aromatic N) is 1. The molecule has 0 bridgehead atoms. The summed E-state index contributed by atoms with van der Waals surface area (Å²) in [6, 6.07) is 4.05. The van der Waals surface area contributed by atoms with Gasteiger partial charge in [-0.2, -0.15) is 5.10 Å². The number of hydrogen-bond acceptors (Lipinski definition) is 3. The Hall–Kier alpha value is -1.84. The van der Waals surface area contributed by atoms with Crippen LogP contribution >= 0.6 is 0 Å². The van der Waals surface area contributed by atoms with E-state index in [4.69, 9.17) is 0 Å². The molecule has 0 aromatic heterocycles. The van der Waals surface area contributed by atoms with Crippen LogP contribution in [-0.2, 0) is 15.6 Å². The summed E-state index contributed by atoms with van der Waals surface area (Å²) in [4.78, 5) is 12.2. The molecular formula is C33H58N2O2. The van der Waals surface area contributed by atoms with Crippen molar-refractivity contribution in [2.45, 2.75) is 162 Å². The molecule has 0 aliphatic heterocycles. The summed E-state index contributed by atoms with van der Waals surface area (Å²) in [6.07, 6.45) is 21.8. The van der Waals surface area contributed by atoms with Crippen LogP contribution in [0.25, 0.3) is 0 Å². The second kappa shape index (κ2) is 17.6. The van der Waals surface area contributed by atoms with Crippen molar-refractivity contribution in [3.63, 3.8) is 0 Å². The lowest BCUT2D eigenvalue weighted by molar-refractivity contribution is -0.121. The molecule has 2 N–H and O–H groups in total. The highest BCUT2D eigenvalue weighted by Crippen LogP contribution is 2.37. The Labute approximate surface area is 229 Å². The smallest absolute Gasteiger partial charge is 0.240 e. The molecule has 0 aliphatic rings. The molecule has 1 aromatic carbocycles. The third kappa shape index (κ3) is 14.6. The second-order valence-corrected chi connectivity index (χ2v) is 13.0. The number of phenols is 1. The van der Waals surface area contributed by atoms with E-state index in [1.54, 1.807) is 6.21 Å². The highest BCUT2D eigenvalue weighted by Gasteiger charge is 2.24. The molecule has 212 valence electrons. The SMILES string of the molecule is CCCCCCCCCCCCCCCCCC(=O)N/N=C/c1cc(C(C)(C)C)cc(C(C)(C)C)c1O. The van der Waals surface area contributed by atoms with Gasteiger partial charge in [0.2, 0.25) is 5.91 Å². The molecule has 0 heterocycles. The average molecular weight is 515 g/mol. The van der Waals surface area contributed by atoms with Gasteiger partial charge < -0.3 is 5.11 Å². The standard InChI is InChI=1S/C33H58N2O2/c1-8-9-10-11-12-13-14-15-16-17-18-19-20-21-22-23-30(36)35-34-26-27-24-28(32(2,3)4)25-29(31(27)37)33(5,6)7/h24-26,37H,8-23H2,1-7H3,(H,35,36)/b34-26+. The van der Waals surface area contributed by atoms with E-state index in [2.05, 4.69) is 65.1 Å². The molecule has 0 radical (unpaired) electrons. The molecule has 0 aliphatic carbocycles. The van der Waals surface area contributed by atoms with Crippen molar-refractivity contribution in [1.82, 2.24) is 5.43 Å². The van der Waals surface area contributed by atoms with Crippen molar-refractivity contribution in [2.75, 3.05) is 0 Å². The van der Waals surface area contributed by atoms with Crippen LogP contribution in [-0.4, -0.2) is 17.2 Å². The Morgan fingerprint density at radius 1 is 0.757 bits per heavy atom. The maximum absolute atomic E-state index is 12.2. The maximum Gasteiger partial charge on any atom is 0.240 e. The van der Waals surface area contributed by atoms with Gasteiger partial charge in [-0.3, -0.25) is 4.79 Å². The number of nitrogens with one attached hydrogen (secondary N) is 1. The summed E-state index contributed by atoms with van der Waals surface area (Å²) >= 11 is 0. The van der Waals surface area contributed by atoms with E-state index >= 15 is 0 Å². The molecule has 0 atom stereocenters. The summed E-state index contributed by atoms with van der Waals surface area (Å²) in [5, 5.41) is 15.0. The van der Waals surface area contributed by atoms with Crippen LogP contribution in [0.5, 0.6) is 5.75 Å². The van der Waals surface area contributed by atoms with Gasteiger partial charge in [-0.1, -0.05) is 144 Å². The fourth-order valence-corrected chi connectivity index (χ4v) is 4.65. The predicted molar refractivity (Wildman–Crippen MR) is 161 cm³/mol. The zero-order valence-corrected chi connectivity index (χ0v) is 25.3. The summed E-state index contributed by atoms with van der Waals surface area (Å²) in [7, 11) is 0. The second-order valence-electron chi connectivity index (χ2n) is 13.0. The number of hydrogen-bond donors (Lipinski definition) is 2. The van der Waals surface area contributed by atoms with E-state index < -0.39 is 0 Å². The molecule has 0 unspecified atom stereocenters. The van der Waals surface area contributed by atoms with Crippen molar-refractivity contribution in [3.05, 3.63) is 28.8 Å². The molecular weight excluding hydrogens is 456 g/mol. The van der Waals surface area contributed by atoms with E-state index in [1.807, 2.05) is 6.07 Å². The third-order valence-corrected chi connectivity index (χ3v) is 7.21. The number of benzene rings is 1. The van der Waals surface area contributed by atoms with Crippen LogP contribution in [0.1, 0.15) is 168 Å². The number of carbonyl (C=O) groups is 1. The highest BCUT2D eigenvalue weighted by atomic mass is 16.3. The topological polar surface area (TPSA) is 61.7 Å². The lowest BCUT2D eigenvalue weighted by Gasteiger charge is -2.26. The molecule has 0 saturated carbocycles. The van der Waals surface area contributed by atoms with E-state index in [-0.39, 0.29) is 22.5 Å². The zero-order chi connectivity index (χ0) is 27.7. The first kappa shape index (κ1) is 33.2. The van der Waals surface area contributed by atoms with Crippen molar-refractivity contribution in [3.8, 4) is 5.75 Å². The maximum atomic E-state index is 12.2. The first-order chi connectivity index (χ1) is 17.5. The summed E-state index contributed by atoms with van der Waals surface area (Å²) in [6.45, 7) is 15.0. The van der Waals surface area contributed by atoms with Gasteiger partial charge in [0, 0.05) is 17.5 Å². The molecule has 0 spiro atoms. The number of phenolic OH excluding ortho intramolecular Hbond substituents is 1. The number of hydrazone groups is 1. The first-order valence-corrected chi connectivity index (χ1v) is 15.2. The zero-order valence-electron chi connectivity index (χ0n) is 25.3. The number of rotatable bonds is 18. The minimum atomic E-state index is -0.190. The summed E-state index contributed by atoms with van der Waals surface area (Å²) < 4.78 is 0. The van der Waals surface area contributed by atoms with E-state index in [9.17, 15) is 9.90 Å². The predicted octanol–water partition coefficient (Wildman–Crippen LogP) is 9.70. The van der Waals surface area contributed by atoms with Crippen LogP contribution in [0, 0.1) is 0 Å². The fraction of sp³-hybridized carbons (Fsp3) is 0.758. The normalized spacial score (nSPS) is 12.4. The van der Waals surface area contributed by atoms with Gasteiger partial charge in [-0.05, 0) is 28.9 Å². The Morgan fingerprint density at radius 2 is 1.22 bits per heavy atom. The summed E-state index contributed by atoms with van der Waals surface area (Å²) in [5.41, 5.74) is 5.08. The van der Waals surface area contributed by atoms with Crippen LogP contribution in [0.15, 0.2) is 17.2 Å². The molecule has 0 fully saturated rings. The van der Waals surface area contributed by atoms with Crippen molar-refractivity contribution < 1.29 is 9.90 Å². The lowest BCUT2D eigenvalue weighted by atomic mass is 9.79. The minimum absolute atomic E-state index is 0.0485. The van der Waals surface area contributed by atoms with Crippen molar-refractivity contribution in [2.24, 2.45) is 5.10 Å². The Balaban J connectivity index is 2.24. The molecule has 4 heteroatoms. The van der Waals surface area contributed by atoms with Crippen LogP contribution in [0.3, 0.4) is 0 Å². The van der Waals surface area contributed by atoms with E-state index in [0.29, 0.717) is 12.0 Å². The van der Waals surface area contributed by atoms with Gasteiger partial charge >= 0.3 is 0 Å². The van der Waals surface area contributed by atoms with Gasteiger partial charge in [0.05, 0.1) is 6.21 Å². The lowest BCUT2D eigenvalue weighted by Crippen LogP contribution is -2.19. The van der Waals surface area contributed by atoms with Gasteiger partial charge in [0.1, 0.15) is 5.75 Å². The van der Waals surface area contributed by atoms with Gasteiger partial charge in [-0.25, -0.2) is 5.43 Å². The Morgan fingerprint density at radius 3 is 1.65 bits per heavy atom. The monoisotopic (exact) mass is 514 g/mol. The molecule has 1 aromatic rings. The highest BCUT2D eigenvalue weighted by molar-refractivity contribution is 5.86. The minimum Gasteiger partial charge on any atom is -0.507 e. The van der Waals surface area contributed by atoms with Crippen LogP contribution in [0.2, 0.25) is 0 Å². The Kier molecular flexibility index (Phi) is 15.8. The largest absolute Gasteiger partial charge is 0.507 e. The van der Waals surface area contributed by atoms with Crippen molar-refractivity contribution in [1.29, 1.82) is 0 Å². The Bertz CT molecular complexity index is 800. The number of amides is 1. The molecule has 1 amide bonds. The van der Waals surface area contributed by atoms with Gasteiger partial charge in [0.15, 0.2) is 0 Å². The molecule has 37 heavy (non-hydrogen) atoms. The first-order valence-electron chi connectivity index (χ1n) is 15.2. The third-order valence-electron chi connectivity index (χ3n) is 7.21. The van der Waals surface area contributed by atoms with Crippen LogP contribution < -0.4 is 5.43 Å². The number of unbranched alkanes of at least 4 members (excludes halogenated alkanes) is 14. The van der Waals surface area contributed by atoms with Gasteiger partial charge in [-0.15, -0.1) is 0 Å². The fourth-order valence-electron chi connectivity index (χ4n) is 4.65.